The van der Waals surface area contributed by atoms with Gasteiger partial charge in [0.25, 0.3) is 11.7 Å². The number of rotatable bonds is 3. The number of nitrogens with two attached hydrogens (primary N) is 1. The molecule has 29 heavy (non-hydrogen) atoms. The second-order valence-corrected chi connectivity index (χ2v) is 7.18. The Kier molecular flexibility index (Phi) is 4.62. The van der Waals surface area contributed by atoms with Crippen LogP contribution >= 0.6 is 0 Å². The fourth-order valence-corrected chi connectivity index (χ4v) is 3.71. The number of carbonyl (C=O) groups excluding carboxylic acids is 1. The molecule has 1 aromatic heterocycles. The minimum Gasteiger partial charge on any atom is -0.330 e. The predicted molar refractivity (Wildman–Crippen MR) is 107 cm³/mol. The molecule has 0 atom stereocenters. The van der Waals surface area contributed by atoms with Gasteiger partial charge in [-0.2, -0.15) is 9.98 Å². The molecule has 8 heteroatoms. The first kappa shape index (κ1) is 18.8. The highest BCUT2D eigenvalue weighted by molar-refractivity contribution is 5.97. The first-order chi connectivity index (χ1) is 13.9. The molecule has 148 valence electrons. The summed E-state index contributed by atoms with van der Waals surface area (Å²) in [6.45, 7) is 2.69. The number of aromatic amines is 1. The van der Waals surface area contributed by atoms with E-state index < -0.39 is 5.56 Å². The molecule has 2 aromatic carbocycles. The van der Waals surface area contributed by atoms with Crippen LogP contribution in [0.4, 0.5) is 10.2 Å². The Bertz CT molecular complexity index is 1220. The summed E-state index contributed by atoms with van der Waals surface area (Å²) >= 11 is 0. The highest BCUT2D eigenvalue weighted by atomic mass is 19.1. The van der Waals surface area contributed by atoms with Crippen LogP contribution in [-0.2, 0) is 13.1 Å². The summed E-state index contributed by atoms with van der Waals surface area (Å²) in [7, 11) is 0. The molecule has 0 spiro atoms. The van der Waals surface area contributed by atoms with Gasteiger partial charge in [-0.1, -0.05) is 13.0 Å². The van der Waals surface area contributed by atoms with Crippen LogP contribution in [0.2, 0.25) is 0 Å². The van der Waals surface area contributed by atoms with E-state index >= 15 is 0 Å². The standard InChI is InChI=1S/C21H20FN5O2/c1-2-3-18(23)27-17-7-5-12(9-16(17)25-20(28)19(27)24)21(29)26-10-13-4-6-15(22)8-14(13)11-26/h4-9,23-24H,2-3,10-11H2,1H3,(H,25,28)/p+1. The number of nitrogen functional groups attached to an aromatic ring is 1. The Morgan fingerprint density at radius 2 is 2.00 bits per heavy atom. The van der Waals surface area contributed by atoms with E-state index in [0.717, 1.165) is 17.5 Å². The van der Waals surface area contributed by atoms with Gasteiger partial charge in [-0.25, -0.2) is 4.39 Å². The quantitative estimate of drug-likeness (QED) is 0.360. The third kappa shape index (κ3) is 3.26. The molecule has 1 amide bonds. The number of carbonyl (C=O) groups is 1. The van der Waals surface area contributed by atoms with Gasteiger partial charge in [0.05, 0.1) is 5.52 Å². The monoisotopic (exact) mass is 394 g/mol. The molecule has 0 saturated heterocycles. The number of anilines is 1. The molecule has 4 rings (SSSR count). The van der Waals surface area contributed by atoms with Crippen molar-refractivity contribution in [1.29, 1.82) is 5.41 Å². The third-order valence-electron chi connectivity index (χ3n) is 5.14. The van der Waals surface area contributed by atoms with Crippen LogP contribution in [0.3, 0.4) is 0 Å². The third-order valence-corrected chi connectivity index (χ3v) is 5.14. The van der Waals surface area contributed by atoms with Crippen LogP contribution in [0, 0.1) is 11.2 Å². The number of aromatic nitrogens is 2. The molecular weight excluding hydrogens is 373 g/mol. The lowest BCUT2D eigenvalue weighted by atomic mass is 10.1. The second kappa shape index (κ2) is 7.12. The summed E-state index contributed by atoms with van der Waals surface area (Å²) in [5, 5.41) is 8.24. The Hall–Kier alpha value is -3.55. The van der Waals surface area contributed by atoms with Crippen LogP contribution in [0.15, 0.2) is 41.2 Å². The van der Waals surface area contributed by atoms with Gasteiger partial charge in [-0.15, -0.1) is 0 Å². The van der Waals surface area contributed by atoms with Crippen molar-refractivity contribution in [2.24, 2.45) is 0 Å². The van der Waals surface area contributed by atoms with Crippen molar-refractivity contribution < 1.29 is 13.8 Å². The highest BCUT2D eigenvalue weighted by Crippen LogP contribution is 2.25. The molecule has 4 N–H and O–H groups in total. The van der Waals surface area contributed by atoms with Gasteiger partial charge < -0.3 is 15.6 Å². The lowest BCUT2D eigenvalue weighted by Crippen LogP contribution is -2.49. The molecule has 0 unspecified atom stereocenters. The van der Waals surface area contributed by atoms with Crippen molar-refractivity contribution in [2.75, 3.05) is 5.73 Å². The summed E-state index contributed by atoms with van der Waals surface area (Å²) in [5.41, 5.74) is 8.52. The predicted octanol–water partition coefficient (Wildman–Crippen LogP) is 2.32. The summed E-state index contributed by atoms with van der Waals surface area (Å²) in [6.07, 6.45) is 1.21. The van der Waals surface area contributed by atoms with Crippen molar-refractivity contribution >= 4 is 28.6 Å². The maximum absolute atomic E-state index is 13.4. The first-order valence-corrected chi connectivity index (χ1v) is 9.41. The zero-order valence-electron chi connectivity index (χ0n) is 16.0. The number of halogens is 1. The number of fused-ring (bicyclic) bond motifs is 2. The number of H-pyrrole nitrogens is 1. The minimum atomic E-state index is -0.507. The number of nitrogens with zero attached hydrogens (tertiary/aromatic N) is 2. The number of hydrogen-bond donors (Lipinski definition) is 3. The number of nitrogens with one attached hydrogen (secondary N) is 2. The van der Waals surface area contributed by atoms with Gasteiger partial charge in [0.2, 0.25) is 5.84 Å². The van der Waals surface area contributed by atoms with Crippen molar-refractivity contribution in [3.63, 3.8) is 0 Å². The first-order valence-electron chi connectivity index (χ1n) is 9.41. The van der Waals surface area contributed by atoms with E-state index in [1.807, 2.05) is 6.92 Å². The maximum Gasteiger partial charge on any atom is 0.321 e. The van der Waals surface area contributed by atoms with Crippen LogP contribution in [0.1, 0.15) is 41.3 Å². The SMILES string of the molecule is CCCC(=N)[n+]1c(N)c(=O)[nH]c2cc(C(=O)N3Cc4ccc(F)cc4C3)ccc21. The van der Waals surface area contributed by atoms with Crippen molar-refractivity contribution in [3.8, 4) is 0 Å². The van der Waals surface area contributed by atoms with E-state index in [-0.39, 0.29) is 23.4 Å². The Morgan fingerprint density at radius 3 is 2.76 bits per heavy atom. The van der Waals surface area contributed by atoms with Crippen molar-refractivity contribution in [2.45, 2.75) is 32.9 Å². The van der Waals surface area contributed by atoms with Gasteiger partial charge in [0, 0.05) is 25.1 Å². The minimum absolute atomic E-state index is 0.0629. The lowest BCUT2D eigenvalue weighted by Gasteiger charge is -2.16. The van der Waals surface area contributed by atoms with Crippen LogP contribution in [-0.4, -0.2) is 21.6 Å². The zero-order valence-corrected chi connectivity index (χ0v) is 16.0. The van der Waals surface area contributed by atoms with E-state index in [4.69, 9.17) is 11.1 Å². The van der Waals surface area contributed by atoms with E-state index in [0.29, 0.717) is 36.1 Å². The summed E-state index contributed by atoms with van der Waals surface area (Å²) in [5.74, 6) is -0.376. The van der Waals surface area contributed by atoms with Gasteiger partial charge in [0.15, 0.2) is 0 Å². The normalized spacial score (nSPS) is 13.0. The van der Waals surface area contributed by atoms with Crippen molar-refractivity contribution in [3.05, 3.63) is 69.3 Å². The molecular formula is C21H21FN5O2+. The summed E-state index contributed by atoms with van der Waals surface area (Å²) < 4.78 is 14.9. The Morgan fingerprint density at radius 1 is 1.24 bits per heavy atom. The Balaban J connectivity index is 1.71. The van der Waals surface area contributed by atoms with Gasteiger partial charge >= 0.3 is 5.56 Å². The topological polar surface area (TPSA) is 107 Å². The van der Waals surface area contributed by atoms with Crippen LogP contribution in [0.5, 0.6) is 0 Å². The number of hydrogen-bond acceptors (Lipinski definition) is 4. The van der Waals surface area contributed by atoms with E-state index in [1.54, 1.807) is 29.2 Å². The maximum atomic E-state index is 13.4. The molecule has 1 aliphatic heterocycles. The molecule has 2 heterocycles. The smallest absolute Gasteiger partial charge is 0.321 e. The number of amides is 1. The molecule has 0 radical (unpaired) electrons. The van der Waals surface area contributed by atoms with E-state index in [2.05, 4.69) is 4.98 Å². The lowest BCUT2D eigenvalue weighted by molar-refractivity contribution is -0.514. The molecule has 0 saturated carbocycles. The molecule has 7 nitrogen and oxygen atoms in total. The molecule has 0 fully saturated rings. The fourth-order valence-electron chi connectivity index (χ4n) is 3.71. The average Bonchev–Trinajstić information content (AvgIpc) is 3.11. The second-order valence-electron chi connectivity index (χ2n) is 7.18. The van der Waals surface area contributed by atoms with Crippen molar-refractivity contribution in [1.82, 2.24) is 9.88 Å². The molecule has 0 bridgehead atoms. The Labute approximate surface area is 166 Å². The number of benzene rings is 2. The fraction of sp³-hybridized carbons (Fsp3) is 0.238. The van der Waals surface area contributed by atoms with Gasteiger partial charge in [0.1, 0.15) is 11.3 Å². The van der Waals surface area contributed by atoms with Gasteiger partial charge in [-0.3, -0.25) is 9.59 Å². The summed E-state index contributed by atoms with van der Waals surface area (Å²) in [6, 6.07) is 9.47. The van der Waals surface area contributed by atoms with Crippen LogP contribution < -0.4 is 15.9 Å². The molecule has 3 aromatic rings. The van der Waals surface area contributed by atoms with E-state index in [1.165, 1.54) is 16.7 Å². The van der Waals surface area contributed by atoms with Gasteiger partial charge in [-0.05, 0) is 47.9 Å². The largest absolute Gasteiger partial charge is 0.330 e. The van der Waals surface area contributed by atoms with Crippen LogP contribution in [0.25, 0.3) is 11.0 Å². The molecule has 0 aliphatic carbocycles. The zero-order chi connectivity index (χ0) is 20.7. The van der Waals surface area contributed by atoms with E-state index in [9.17, 15) is 14.0 Å². The highest BCUT2D eigenvalue weighted by Gasteiger charge is 2.26. The average molecular weight is 394 g/mol. The summed E-state index contributed by atoms with van der Waals surface area (Å²) in [4.78, 5) is 29.6. The molecule has 1 aliphatic rings.